The number of ether oxygens (including phenoxy) is 4. The lowest BCUT2D eigenvalue weighted by molar-refractivity contribution is -0.167. The molecule has 2 fully saturated rings. The van der Waals surface area contributed by atoms with E-state index in [0.717, 1.165) is 9.80 Å². The van der Waals surface area contributed by atoms with Crippen LogP contribution in [-0.2, 0) is 57.3 Å². The summed E-state index contributed by atoms with van der Waals surface area (Å²) in [6.07, 6.45) is -0.881. The van der Waals surface area contributed by atoms with Crippen LogP contribution in [0, 0.1) is 0 Å². The van der Waals surface area contributed by atoms with Crippen LogP contribution in [-0.4, -0.2) is 134 Å². The molecule has 2 heterocycles. The highest BCUT2D eigenvalue weighted by Crippen LogP contribution is 2.09. The summed E-state index contributed by atoms with van der Waals surface area (Å²) in [5.41, 5.74) is 0. The molecule has 0 N–H and O–H groups in total. The highest BCUT2D eigenvalue weighted by atomic mass is 16.6. The average Bonchev–Trinajstić information content (AvgIpc) is 2.87. The van der Waals surface area contributed by atoms with Crippen LogP contribution in [0.5, 0.6) is 0 Å². The van der Waals surface area contributed by atoms with Crippen molar-refractivity contribution in [3.8, 4) is 0 Å². The smallest absolute Gasteiger partial charge is 0.308 e. The minimum absolute atomic E-state index is 0.144. The van der Waals surface area contributed by atoms with Crippen molar-refractivity contribution in [2.45, 2.75) is 25.7 Å². The van der Waals surface area contributed by atoms with Crippen LogP contribution in [0.4, 0.5) is 0 Å². The molecule has 0 bridgehead atoms. The monoisotopic (exact) mass is 542 g/mol. The molecule has 0 radical (unpaired) electrons. The number of methoxy groups -OCH3 is 2. The molecule has 16 heteroatoms. The second-order valence-corrected chi connectivity index (χ2v) is 8.30. The fourth-order valence-corrected chi connectivity index (χ4v) is 3.41. The van der Waals surface area contributed by atoms with Gasteiger partial charge in [0.2, 0.25) is 23.6 Å². The van der Waals surface area contributed by atoms with Crippen LogP contribution >= 0.6 is 0 Å². The Morgan fingerprint density at radius 2 is 0.842 bits per heavy atom. The Morgan fingerprint density at radius 3 is 1.13 bits per heavy atom. The number of carbonyl (C=O) groups excluding carboxylic acids is 8. The maximum absolute atomic E-state index is 12.4. The zero-order valence-corrected chi connectivity index (χ0v) is 21.2. The summed E-state index contributed by atoms with van der Waals surface area (Å²) >= 11 is 0. The number of carbonyl (C=O) groups is 8. The molecule has 4 amide bonds. The molecule has 0 atom stereocenters. The molecule has 0 aliphatic carbocycles. The van der Waals surface area contributed by atoms with Crippen molar-refractivity contribution in [3.05, 3.63) is 0 Å². The van der Waals surface area contributed by atoms with E-state index in [0.29, 0.717) is 0 Å². The Morgan fingerprint density at radius 1 is 0.553 bits per heavy atom. The number of esters is 4. The molecule has 0 saturated carbocycles. The molecule has 2 rings (SSSR count). The van der Waals surface area contributed by atoms with Crippen molar-refractivity contribution in [1.82, 2.24) is 19.6 Å². The van der Waals surface area contributed by atoms with Crippen LogP contribution in [0.25, 0.3) is 0 Å². The van der Waals surface area contributed by atoms with E-state index in [1.165, 1.54) is 24.0 Å². The topological polar surface area (TPSA) is 186 Å². The molecular weight excluding hydrogens is 512 g/mol. The summed E-state index contributed by atoms with van der Waals surface area (Å²) < 4.78 is 18.6. The maximum atomic E-state index is 12.4. The van der Waals surface area contributed by atoms with Gasteiger partial charge in [0.15, 0.2) is 13.5 Å². The number of rotatable bonds is 13. The minimum atomic E-state index is -0.761. The molecule has 38 heavy (non-hydrogen) atoms. The molecule has 0 aromatic heterocycles. The van der Waals surface area contributed by atoms with E-state index in [1.807, 2.05) is 0 Å². The van der Waals surface area contributed by atoms with Crippen LogP contribution in [0.2, 0.25) is 0 Å². The van der Waals surface area contributed by atoms with E-state index in [4.69, 9.17) is 9.47 Å². The molecule has 210 valence electrons. The van der Waals surface area contributed by atoms with Gasteiger partial charge in [-0.2, -0.15) is 0 Å². The first-order valence-electron chi connectivity index (χ1n) is 11.6. The summed E-state index contributed by atoms with van der Waals surface area (Å²) in [5.74, 6) is -5.07. The second-order valence-electron chi connectivity index (χ2n) is 8.30. The standard InChI is InChI=1S/C22H30N4O12/c1-35-19(31)3-5-21(33)37-13-25-15(27)9-23(10-16(25)28)7-8-24-11-17(29)26(18(30)12-24)14-38-22(34)6-4-20(32)36-2/h3-14H2,1-2H3. The Hall–Kier alpha value is -3.92. The Balaban J connectivity index is 1.72. The quantitative estimate of drug-likeness (QED) is 0.132. The van der Waals surface area contributed by atoms with Crippen LogP contribution < -0.4 is 0 Å². The molecule has 0 unspecified atom stereocenters. The van der Waals surface area contributed by atoms with E-state index >= 15 is 0 Å². The molecule has 0 aromatic carbocycles. The van der Waals surface area contributed by atoms with E-state index in [2.05, 4.69) is 9.47 Å². The van der Waals surface area contributed by atoms with Gasteiger partial charge in [-0.3, -0.25) is 48.2 Å². The van der Waals surface area contributed by atoms with Gasteiger partial charge >= 0.3 is 23.9 Å². The van der Waals surface area contributed by atoms with Gasteiger partial charge in [0.05, 0.1) is 66.1 Å². The van der Waals surface area contributed by atoms with E-state index < -0.39 is 61.0 Å². The third-order valence-electron chi connectivity index (χ3n) is 5.60. The lowest BCUT2D eigenvalue weighted by atomic mass is 10.2. The molecule has 0 spiro atoms. The number of nitrogens with zero attached hydrogens (tertiary/aromatic N) is 4. The second kappa shape index (κ2) is 14.7. The normalized spacial score (nSPS) is 16.9. The van der Waals surface area contributed by atoms with Gasteiger partial charge in [-0.1, -0.05) is 0 Å². The lowest BCUT2D eigenvalue weighted by Gasteiger charge is -2.35. The minimum Gasteiger partial charge on any atom is -0.469 e. The average molecular weight is 542 g/mol. The summed E-state index contributed by atoms with van der Waals surface area (Å²) in [5, 5.41) is 0. The fourth-order valence-electron chi connectivity index (χ4n) is 3.41. The summed E-state index contributed by atoms with van der Waals surface area (Å²) in [6.45, 7) is -1.30. The first kappa shape index (κ1) is 30.3. The number of imide groups is 2. The number of hydrogen-bond donors (Lipinski definition) is 0. The van der Waals surface area contributed by atoms with Crippen LogP contribution in [0.15, 0.2) is 0 Å². The maximum Gasteiger partial charge on any atom is 0.308 e. The highest BCUT2D eigenvalue weighted by Gasteiger charge is 2.34. The van der Waals surface area contributed by atoms with Gasteiger partial charge < -0.3 is 18.9 Å². The summed E-state index contributed by atoms with van der Waals surface area (Å²) in [4.78, 5) is 99.6. The van der Waals surface area contributed by atoms with E-state index in [1.54, 1.807) is 0 Å². The van der Waals surface area contributed by atoms with Gasteiger partial charge in [0.25, 0.3) is 0 Å². The zero-order chi connectivity index (χ0) is 28.2. The number of amides is 4. The van der Waals surface area contributed by atoms with Crippen molar-refractivity contribution in [2.24, 2.45) is 0 Å². The summed E-state index contributed by atoms with van der Waals surface area (Å²) in [6, 6.07) is 0. The largest absolute Gasteiger partial charge is 0.469 e. The fraction of sp³-hybridized carbons (Fsp3) is 0.636. The van der Waals surface area contributed by atoms with Crippen LogP contribution in [0.1, 0.15) is 25.7 Å². The Labute approximate surface area is 217 Å². The van der Waals surface area contributed by atoms with Crippen molar-refractivity contribution < 1.29 is 57.3 Å². The van der Waals surface area contributed by atoms with E-state index in [9.17, 15) is 38.4 Å². The summed E-state index contributed by atoms with van der Waals surface area (Å²) in [7, 11) is 2.36. The molecule has 16 nitrogen and oxygen atoms in total. The zero-order valence-electron chi connectivity index (χ0n) is 21.2. The van der Waals surface area contributed by atoms with Crippen molar-refractivity contribution >= 4 is 47.5 Å². The molecule has 0 aromatic rings. The highest BCUT2D eigenvalue weighted by molar-refractivity contribution is 6.00. The number of piperazine rings is 2. The first-order chi connectivity index (χ1) is 18.0. The molecular formula is C22H30N4O12. The molecule has 2 aliphatic heterocycles. The van der Waals surface area contributed by atoms with Crippen molar-refractivity contribution in [1.29, 1.82) is 0 Å². The Kier molecular flexibility index (Phi) is 11.7. The predicted molar refractivity (Wildman–Crippen MR) is 121 cm³/mol. The van der Waals surface area contributed by atoms with Crippen molar-refractivity contribution in [2.75, 3.05) is 66.9 Å². The third kappa shape index (κ3) is 9.51. The predicted octanol–water partition coefficient (Wildman–Crippen LogP) is -2.76. The van der Waals surface area contributed by atoms with Gasteiger partial charge in [0, 0.05) is 13.1 Å². The van der Waals surface area contributed by atoms with Crippen LogP contribution in [0.3, 0.4) is 0 Å². The van der Waals surface area contributed by atoms with E-state index in [-0.39, 0.29) is 65.0 Å². The van der Waals surface area contributed by atoms with Gasteiger partial charge in [-0.05, 0) is 0 Å². The van der Waals surface area contributed by atoms with Gasteiger partial charge in [0.1, 0.15) is 0 Å². The molecule has 2 aliphatic rings. The molecule has 2 saturated heterocycles. The van der Waals surface area contributed by atoms with Gasteiger partial charge in [-0.15, -0.1) is 0 Å². The van der Waals surface area contributed by atoms with Crippen molar-refractivity contribution in [3.63, 3.8) is 0 Å². The van der Waals surface area contributed by atoms with Gasteiger partial charge in [-0.25, -0.2) is 9.80 Å². The Bertz CT molecular complexity index is 856. The first-order valence-corrected chi connectivity index (χ1v) is 11.6. The third-order valence-corrected chi connectivity index (χ3v) is 5.60. The lowest BCUT2D eigenvalue weighted by Crippen LogP contribution is -2.58. The number of hydrogen-bond acceptors (Lipinski definition) is 14. The SMILES string of the molecule is COC(=O)CCC(=O)OCN1C(=O)CN(CCN2CC(=O)N(COC(=O)CCC(=O)OC)C(=O)C2)CC1=O.